The molecule has 19 heavy (non-hydrogen) atoms. The fourth-order valence-corrected chi connectivity index (χ4v) is 2.78. The van der Waals surface area contributed by atoms with Crippen LogP contribution in [0.4, 0.5) is 0 Å². The Bertz CT molecular complexity index is 521. The first-order valence-electron chi connectivity index (χ1n) is 6.93. The number of nitrogens with zero attached hydrogens (tertiary/aromatic N) is 2. The van der Waals surface area contributed by atoms with Gasteiger partial charge in [-0.15, -0.1) is 0 Å². The molecule has 6 heteroatoms. The van der Waals surface area contributed by atoms with E-state index in [1.54, 1.807) is 0 Å². The summed E-state index contributed by atoms with van der Waals surface area (Å²) < 4.78 is 2.60. The summed E-state index contributed by atoms with van der Waals surface area (Å²) in [6.07, 6.45) is 2.80. The van der Waals surface area contributed by atoms with E-state index in [4.69, 9.17) is 12.2 Å². The van der Waals surface area contributed by atoms with Crippen molar-refractivity contribution in [2.75, 3.05) is 6.54 Å². The molecule has 106 valence electrons. The van der Waals surface area contributed by atoms with Crippen LogP contribution in [0.1, 0.15) is 39.4 Å². The van der Waals surface area contributed by atoms with Crippen molar-refractivity contribution in [2.24, 2.45) is 11.3 Å². The minimum Gasteiger partial charge on any atom is -0.355 e. The van der Waals surface area contributed by atoms with Crippen molar-refractivity contribution in [3.8, 4) is 0 Å². The summed E-state index contributed by atoms with van der Waals surface area (Å²) in [4.78, 5) is 12.0. The van der Waals surface area contributed by atoms with Gasteiger partial charge in [0.25, 0.3) is 0 Å². The topological polar surface area (TPSA) is 62.7 Å². The predicted molar refractivity (Wildman–Crippen MR) is 76.3 cm³/mol. The summed E-state index contributed by atoms with van der Waals surface area (Å²) in [5.74, 6) is 1.29. The van der Waals surface area contributed by atoms with Crippen LogP contribution in [0.3, 0.4) is 0 Å². The van der Waals surface area contributed by atoms with Crippen LogP contribution in [0, 0.1) is 16.1 Å². The number of aromatic amines is 1. The van der Waals surface area contributed by atoms with Crippen LogP contribution >= 0.6 is 12.2 Å². The van der Waals surface area contributed by atoms with Gasteiger partial charge in [0.05, 0.1) is 0 Å². The fourth-order valence-electron chi connectivity index (χ4n) is 2.50. The van der Waals surface area contributed by atoms with E-state index in [1.165, 1.54) is 0 Å². The standard InChI is InChI=1S/C13H22N4OS/c1-4-13(3)8-9(13)11(18)14-7-6-10-15-16-12(19)17(10)5-2/h9H,4-8H2,1-3H3,(H,14,18)(H,16,19)/t9-,13-/m1/s1. The zero-order chi connectivity index (χ0) is 14.0. The first-order valence-corrected chi connectivity index (χ1v) is 7.34. The summed E-state index contributed by atoms with van der Waals surface area (Å²) >= 11 is 5.13. The van der Waals surface area contributed by atoms with E-state index in [-0.39, 0.29) is 17.2 Å². The number of nitrogens with one attached hydrogen (secondary N) is 2. The van der Waals surface area contributed by atoms with Crippen molar-refractivity contribution in [3.05, 3.63) is 10.6 Å². The first kappa shape index (κ1) is 14.2. The molecule has 1 heterocycles. The third-order valence-corrected chi connectivity index (χ3v) is 4.59. The second-order valence-corrected chi connectivity index (χ2v) is 5.88. The third-order valence-electron chi connectivity index (χ3n) is 4.28. The van der Waals surface area contributed by atoms with Gasteiger partial charge in [-0.3, -0.25) is 9.89 Å². The Morgan fingerprint density at radius 1 is 1.63 bits per heavy atom. The average molecular weight is 282 g/mol. The van der Waals surface area contributed by atoms with Crippen LogP contribution in [-0.2, 0) is 17.8 Å². The molecular weight excluding hydrogens is 260 g/mol. The van der Waals surface area contributed by atoms with Crippen molar-refractivity contribution in [3.63, 3.8) is 0 Å². The van der Waals surface area contributed by atoms with Crippen molar-refractivity contribution in [1.29, 1.82) is 0 Å². The number of hydrogen-bond donors (Lipinski definition) is 2. The molecule has 0 aromatic carbocycles. The van der Waals surface area contributed by atoms with Crippen LogP contribution in [0.2, 0.25) is 0 Å². The number of hydrogen-bond acceptors (Lipinski definition) is 3. The summed E-state index contributed by atoms with van der Waals surface area (Å²) in [7, 11) is 0. The molecule has 1 amide bonds. The monoisotopic (exact) mass is 282 g/mol. The van der Waals surface area contributed by atoms with E-state index < -0.39 is 0 Å². The molecule has 0 saturated heterocycles. The molecule has 0 aliphatic heterocycles. The van der Waals surface area contributed by atoms with Gasteiger partial charge >= 0.3 is 0 Å². The van der Waals surface area contributed by atoms with Gasteiger partial charge in [0.2, 0.25) is 5.91 Å². The Hall–Kier alpha value is -1.17. The zero-order valence-electron chi connectivity index (χ0n) is 11.8. The third kappa shape index (κ3) is 2.88. The lowest BCUT2D eigenvalue weighted by atomic mass is 10.0. The molecule has 2 rings (SSSR count). The van der Waals surface area contributed by atoms with Gasteiger partial charge in [-0.25, -0.2) is 0 Å². The Balaban J connectivity index is 1.81. The smallest absolute Gasteiger partial charge is 0.223 e. The first-order chi connectivity index (χ1) is 9.01. The van der Waals surface area contributed by atoms with Gasteiger partial charge in [-0.05, 0) is 37.4 Å². The maximum atomic E-state index is 12.0. The van der Waals surface area contributed by atoms with E-state index in [0.29, 0.717) is 17.7 Å². The maximum absolute atomic E-state index is 12.0. The molecule has 0 radical (unpaired) electrons. The summed E-state index contributed by atoms with van der Waals surface area (Å²) in [6.45, 7) is 7.78. The maximum Gasteiger partial charge on any atom is 0.223 e. The van der Waals surface area contributed by atoms with Gasteiger partial charge in [-0.1, -0.05) is 13.8 Å². The minimum atomic E-state index is 0.182. The highest BCUT2D eigenvalue weighted by Gasteiger charge is 2.52. The SMILES string of the molecule is CCn1c(CCNC(=O)[C@H]2C[C@@]2(C)CC)n[nH]c1=S. The second kappa shape index (κ2) is 5.45. The van der Waals surface area contributed by atoms with Crippen LogP contribution in [0.25, 0.3) is 0 Å². The van der Waals surface area contributed by atoms with E-state index >= 15 is 0 Å². The highest BCUT2D eigenvalue weighted by atomic mass is 32.1. The number of rotatable bonds is 6. The van der Waals surface area contributed by atoms with E-state index in [0.717, 1.165) is 25.2 Å². The highest BCUT2D eigenvalue weighted by Crippen LogP contribution is 2.54. The van der Waals surface area contributed by atoms with Crippen LogP contribution in [0.15, 0.2) is 0 Å². The zero-order valence-corrected chi connectivity index (χ0v) is 12.6. The van der Waals surface area contributed by atoms with Crippen molar-refractivity contribution in [1.82, 2.24) is 20.1 Å². The Kier molecular flexibility index (Phi) is 4.08. The molecule has 0 bridgehead atoms. The summed E-state index contributed by atoms with van der Waals surface area (Å²) in [5.41, 5.74) is 0.230. The van der Waals surface area contributed by atoms with E-state index in [1.807, 2.05) is 11.5 Å². The number of carbonyl (C=O) groups is 1. The van der Waals surface area contributed by atoms with Crippen LogP contribution in [-0.4, -0.2) is 27.2 Å². The number of amides is 1. The number of aromatic nitrogens is 3. The average Bonchev–Trinajstić information content (AvgIpc) is 2.96. The highest BCUT2D eigenvalue weighted by molar-refractivity contribution is 7.71. The van der Waals surface area contributed by atoms with Crippen molar-refractivity contribution < 1.29 is 4.79 Å². The lowest BCUT2D eigenvalue weighted by molar-refractivity contribution is -0.123. The van der Waals surface area contributed by atoms with Gasteiger partial charge in [0, 0.05) is 25.4 Å². The van der Waals surface area contributed by atoms with E-state index in [9.17, 15) is 4.79 Å². The molecule has 0 unspecified atom stereocenters. The fraction of sp³-hybridized carbons (Fsp3) is 0.769. The van der Waals surface area contributed by atoms with Gasteiger partial charge in [0.1, 0.15) is 5.82 Å². The van der Waals surface area contributed by atoms with Gasteiger partial charge < -0.3 is 9.88 Å². The minimum absolute atomic E-state index is 0.182. The van der Waals surface area contributed by atoms with E-state index in [2.05, 4.69) is 29.4 Å². The lowest BCUT2D eigenvalue weighted by Gasteiger charge is -2.08. The molecule has 1 saturated carbocycles. The molecule has 1 aliphatic rings. The molecule has 2 N–H and O–H groups in total. The molecule has 1 aliphatic carbocycles. The second-order valence-electron chi connectivity index (χ2n) is 5.49. The van der Waals surface area contributed by atoms with Gasteiger partial charge in [-0.2, -0.15) is 5.10 Å². The molecule has 1 aromatic rings. The molecule has 1 aromatic heterocycles. The molecule has 0 spiro atoms. The Morgan fingerprint density at radius 2 is 2.37 bits per heavy atom. The number of carbonyl (C=O) groups excluding carboxylic acids is 1. The van der Waals surface area contributed by atoms with Gasteiger partial charge in [0.15, 0.2) is 4.77 Å². The normalized spacial score (nSPS) is 25.3. The lowest BCUT2D eigenvalue weighted by Crippen LogP contribution is -2.29. The van der Waals surface area contributed by atoms with Crippen LogP contribution in [0.5, 0.6) is 0 Å². The quantitative estimate of drug-likeness (QED) is 0.785. The Labute approximate surface area is 118 Å². The Morgan fingerprint density at radius 3 is 2.95 bits per heavy atom. The molecule has 2 atom stereocenters. The summed E-state index contributed by atoms with van der Waals surface area (Å²) in [6, 6.07) is 0. The summed E-state index contributed by atoms with van der Waals surface area (Å²) in [5, 5.41) is 9.97. The largest absolute Gasteiger partial charge is 0.355 e. The van der Waals surface area contributed by atoms with Crippen LogP contribution < -0.4 is 5.32 Å². The van der Waals surface area contributed by atoms with Crippen molar-refractivity contribution >= 4 is 18.1 Å². The van der Waals surface area contributed by atoms with Crippen molar-refractivity contribution in [2.45, 2.75) is 46.6 Å². The molecule has 1 fully saturated rings. The predicted octanol–water partition coefficient (Wildman–Crippen LogP) is 2.06. The molecule has 5 nitrogen and oxygen atoms in total. The molecular formula is C13H22N4OS. The number of H-pyrrole nitrogens is 1.